The first-order chi connectivity index (χ1) is 11.6. The number of nitrogens with zero attached hydrogens (tertiary/aromatic N) is 2. The largest absolute Gasteiger partial charge is 0.339 e. The summed E-state index contributed by atoms with van der Waals surface area (Å²) in [5.74, 6) is 0.149. The van der Waals surface area contributed by atoms with E-state index in [1.807, 2.05) is 30.3 Å². The van der Waals surface area contributed by atoms with E-state index in [0.29, 0.717) is 21.6 Å². The average molecular weight is 359 g/mol. The van der Waals surface area contributed by atoms with E-state index in [4.69, 9.17) is 23.2 Å². The van der Waals surface area contributed by atoms with Gasteiger partial charge in [-0.3, -0.25) is 4.79 Å². The molecular weight excluding hydrogens is 347 g/mol. The van der Waals surface area contributed by atoms with Gasteiger partial charge in [-0.15, -0.1) is 0 Å². The van der Waals surface area contributed by atoms with E-state index in [0.717, 1.165) is 5.69 Å². The smallest absolute Gasteiger partial charge is 0.275 e. The molecule has 120 valence electrons. The quantitative estimate of drug-likeness (QED) is 0.704. The lowest BCUT2D eigenvalue weighted by atomic mass is 10.3. The van der Waals surface area contributed by atoms with Crippen LogP contribution < -0.4 is 10.6 Å². The van der Waals surface area contributed by atoms with Crippen LogP contribution in [0.5, 0.6) is 0 Å². The normalized spacial score (nSPS) is 10.2. The number of nitrogens with one attached hydrogen (secondary N) is 2. The van der Waals surface area contributed by atoms with E-state index in [1.165, 1.54) is 12.4 Å². The molecule has 0 aliphatic heterocycles. The third kappa shape index (κ3) is 4.22. The van der Waals surface area contributed by atoms with Crippen LogP contribution in [0, 0.1) is 0 Å². The summed E-state index contributed by atoms with van der Waals surface area (Å²) >= 11 is 11.8. The molecule has 1 aromatic heterocycles. The molecule has 2 aromatic carbocycles. The van der Waals surface area contributed by atoms with E-state index >= 15 is 0 Å². The Balaban J connectivity index is 1.69. The zero-order valence-corrected chi connectivity index (χ0v) is 13.8. The molecule has 1 heterocycles. The summed E-state index contributed by atoms with van der Waals surface area (Å²) in [6, 6.07) is 14.3. The van der Waals surface area contributed by atoms with Crippen molar-refractivity contribution < 1.29 is 4.79 Å². The number of amides is 1. The van der Waals surface area contributed by atoms with Gasteiger partial charge in [-0.25, -0.2) is 9.97 Å². The van der Waals surface area contributed by atoms with Gasteiger partial charge in [-0.1, -0.05) is 41.4 Å². The molecule has 1 amide bonds. The Morgan fingerprint density at radius 3 is 2.21 bits per heavy atom. The van der Waals surface area contributed by atoms with Crippen molar-refractivity contribution in [2.24, 2.45) is 0 Å². The van der Waals surface area contributed by atoms with Crippen LogP contribution in [-0.4, -0.2) is 15.9 Å². The molecule has 0 atom stereocenters. The van der Waals surface area contributed by atoms with Crippen molar-refractivity contribution in [1.82, 2.24) is 9.97 Å². The van der Waals surface area contributed by atoms with Crippen molar-refractivity contribution in [3.63, 3.8) is 0 Å². The molecule has 0 spiro atoms. The third-order valence-corrected chi connectivity index (χ3v) is 3.49. The number of carbonyl (C=O) groups is 1. The minimum Gasteiger partial charge on any atom is -0.339 e. The average Bonchev–Trinajstić information content (AvgIpc) is 2.55. The van der Waals surface area contributed by atoms with Gasteiger partial charge >= 0.3 is 0 Å². The van der Waals surface area contributed by atoms with Crippen LogP contribution in [0.15, 0.2) is 60.9 Å². The summed E-state index contributed by atoms with van der Waals surface area (Å²) in [4.78, 5) is 20.5. The Morgan fingerprint density at radius 1 is 0.875 bits per heavy atom. The molecule has 24 heavy (non-hydrogen) atoms. The standard InChI is InChI=1S/C17H12Cl2N4O/c18-11-6-12(19)8-14(7-11)23-17(24)15-9-21-16(10-20-15)22-13-4-2-1-3-5-13/h1-10H,(H,21,22)(H,23,24). The lowest BCUT2D eigenvalue weighted by Crippen LogP contribution is -2.14. The summed E-state index contributed by atoms with van der Waals surface area (Å²) in [7, 11) is 0. The van der Waals surface area contributed by atoms with Gasteiger partial charge < -0.3 is 10.6 Å². The van der Waals surface area contributed by atoms with Crippen molar-refractivity contribution in [1.29, 1.82) is 0 Å². The Hall–Kier alpha value is -2.63. The second kappa shape index (κ2) is 7.29. The SMILES string of the molecule is O=C(Nc1cc(Cl)cc(Cl)c1)c1cnc(Nc2ccccc2)cn1. The van der Waals surface area contributed by atoms with Gasteiger partial charge in [0.25, 0.3) is 5.91 Å². The minimum absolute atomic E-state index is 0.185. The molecule has 0 unspecified atom stereocenters. The maximum atomic E-state index is 12.2. The highest BCUT2D eigenvalue weighted by Crippen LogP contribution is 2.22. The maximum Gasteiger partial charge on any atom is 0.275 e. The molecule has 0 radical (unpaired) electrons. The van der Waals surface area contributed by atoms with Crippen molar-refractivity contribution in [3.05, 3.63) is 76.7 Å². The predicted molar refractivity (Wildman–Crippen MR) is 96.2 cm³/mol. The molecule has 3 rings (SSSR count). The fourth-order valence-corrected chi connectivity index (χ4v) is 2.53. The van der Waals surface area contributed by atoms with E-state index in [1.54, 1.807) is 18.2 Å². The van der Waals surface area contributed by atoms with Gasteiger partial charge in [0.05, 0.1) is 12.4 Å². The number of benzene rings is 2. The first kappa shape index (κ1) is 16.2. The molecule has 0 aliphatic carbocycles. The minimum atomic E-state index is -0.396. The number of rotatable bonds is 4. The molecule has 5 nitrogen and oxygen atoms in total. The Morgan fingerprint density at radius 2 is 1.58 bits per heavy atom. The lowest BCUT2D eigenvalue weighted by Gasteiger charge is -2.07. The fourth-order valence-electron chi connectivity index (χ4n) is 2.00. The molecule has 0 saturated heterocycles. The zero-order chi connectivity index (χ0) is 16.9. The van der Waals surface area contributed by atoms with Crippen molar-refractivity contribution in [2.45, 2.75) is 0 Å². The van der Waals surface area contributed by atoms with E-state index in [-0.39, 0.29) is 5.69 Å². The van der Waals surface area contributed by atoms with Crippen LogP contribution >= 0.6 is 23.2 Å². The van der Waals surface area contributed by atoms with Gasteiger partial charge in [0.1, 0.15) is 11.5 Å². The van der Waals surface area contributed by atoms with Gasteiger partial charge in [-0.05, 0) is 30.3 Å². The van der Waals surface area contributed by atoms with Crippen LogP contribution in [0.2, 0.25) is 10.0 Å². The molecule has 3 aromatic rings. The highest BCUT2D eigenvalue weighted by atomic mass is 35.5. The number of halogens is 2. The third-order valence-electron chi connectivity index (χ3n) is 3.05. The van der Waals surface area contributed by atoms with Crippen LogP contribution in [-0.2, 0) is 0 Å². The number of hydrogen-bond donors (Lipinski definition) is 2. The summed E-state index contributed by atoms with van der Waals surface area (Å²) < 4.78 is 0. The zero-order valence-electron chi connectivity index (χ0n) is 12.3. The second-order valence-electron chi connectivity index (χ2n) is 4.89. The molecule has 0 saturated carbocycles. The van der Waals surface area contributed by atoms with Crippen molar-refractivity contribution in [3.8, 4) is 0 Å². The Bertz CT molecular complexity index is 834. The van der Waals surface area contributed by atoms with Crippen LogP contribution in [0.1, 0.15) is 10.5 Å². The number of aromatic nitrogens is 2. The van der Waals surface area contributed by atoms with E-state index < -0.39 is 5.91 Å². The molecule has 0 aliphatic rings. The van der Waals surface area contributed by atoms with E-state index in [9.17, 15) is 4.79 Å². The predicted octanol–water partition coefficient (Wildman–Crippen LogP) is 4.78. The first-order valence-electron chi connectivity index (χ1n) is 7.02. The lowest BCUT2D eigenvalue weighted by molar-refractivity contribution is 0.102. The molecule has 7 heteroatoms. The van der Waals surface area contributed by atoms with Gasteiger partial charge in [-0.2, -0.15) is 0 Å². The van der Waals surface area contributed by atoms with Crippen LogP contribution in [0.3, 0.4) is 0 Å². The van der Waals surface area contributed by atoms with Gasteiger partial charge in [0.15, 0.2) is 0 Å². The first-order valence-corrected chi connectivity index (χ1v) is 7.77. The molecule has 0 fully saturated rings. The van der Waals surface area contributed by atoms with Crippen LogP contribution in [0.4, 0.5) is 17.2 Å². The highest BCUT2D eigenvalue weighted by Gasteiger charge is 2.09. The molecular formula is C17H12Cl2N4O. The fraction of sp³-hybridized carbons (Fsp3) is 0. The topological polar surface area (TPSA) is 66.9 Å². The summed E-state index contributed by atoms with van der Waals surface area (Å²) in [6.45, 7) is 0. The molecule has 0 bridgehead atoms. The number of para-hydroxylation sites is 1. The monoisotopic (exact) mass is 358 g/mol. The highest BCUT2D eigenvalue weighted by molar-refractivity contribution is 6.35. The number of hydrogen-bond acceptors (Lipinski definition) is 4. The van der Waals surface area contributed by atoms with Crippen molar-refractivity contribution >= 4 is 46.3 Å². The second-order valence-corrected chi connectivity index (χ2v) is 5.76. The number of carbonyl (C=O) groups excluding carboxylic acids is 1. The summed E-state index contributed by atoms with van der Waals surface area (Å²) in [6.07, 6.45) is 2.89. The van der Waals surface area contributed by atoms with Crippen LogP contribution in [0.25, 0.3) is 0 Å². The summed E-state index contributed by atoms with van der Waals surface area (Å²) in [5, 5.41) is 6.65. The summed E-state index contributed by atoms with van der Waals surface area (Å²) in [5.41, 5.74) is 1.56. The maximum absolute atomic E-state index is 12.2. The van der Waals surface area contributed by atoms with Gasteiger partial charge in [0.2, 0.25) is 0 Å². The Labute approximate surface area is 148 Å². The van der Waals surface area contributed by atoms with Gasteiger partial charge in [0, 0.05) is 21.4 Å². The Kier molecular flexibility index (Phi) is 4.93. The number of anilines is 3. The van der Waals surface area contributed by atoms with E-state index in [2.05, 4.69) is 20.6 Å². The molecule has 2 N–H and O–H groups in total. The van der Waals surface area contributed by atoms with Crippen molar-refractivity contribution in [2.75, 3.05) is 10.6 Å².